The predicted octanol–water partition coefficient (Wildman–Crippen LogP) is 2.59. The molecule has 1 aromatic heterocycles. The van der Waals surface area contributed by atoms with Gasteiger partial charge in [0.15, 0.2) is 0 Å². The first-order valence-electron chi connectivity index (χ1n) is 8.10. The quantitative estimate of drug-likeness (QED) is 0.888. The van der Waals surface area contributed by atoms with E-state index < -0.39 is 0 Å². The van der Waals surface area contributed by atoms with Crippen LogP contribution in [0.15, 0.2) is 42.6 Å². The van der Waals surface area contributed by atoms with E-state index in [1.165, 1.54) is 0 Å². The predicted molar refractivity (Wildman–Crippen MR) is 92.2 cm³/mol. The van der Waals surface area contributed by atoms with Gasteiger partial charge in [-0.05, 0) is 55.7 Å². The molecule has 3 rings (SSSR count). The number of hydrogen-bond donors (Lipinski definition) is 2. The highest BCUT2D eigenvalue weighted by Gasteiger charge is 2.47. The van der Waals surface area contributed by atoms with E-state index in [9.17, 15) is 9.59 Å². The number of pyridine rings is 1. The van der Waals surface area contributed by atoms with Crippen LogP contribution in [0.5, 0.6) is 0 Å². The highest BCUT2D eigenvalue weighted by atomic mass is 16.2. The largest absolute Gasteiger partial charge is 0.350 e. The minimum Gasteiger partial charge on any atom is -0.350 e. The lowest BCUT2D eigenvalue weighted by Gasteiger charge is -2.08. The molecule has 1 fully saturated rings. The van der Waals surface area contributed by atoms with Gasteiger partial charge in [-0.2, -0.15) is 0 Å². The summed E-state index contributed by atoms with van der Waals surface area (Å²) in [7, 11) is 0. The molecule has 0 aliphatic heterocycles. The van der Waals surface area contributed by atoms with Crippen LogP contribution in [0.3, 0.4) is 0 Å². The van der Waals surface area contributed by atoms with E-state index in [1.54, 1.807) is 6.20 Å². The van der Waals surface area contributed by atoms with Crippen molar-refractivity contribution in [3.63, 3.8) is 0 Å². The zero-order valence-electron chi connectivity index (χ0n) is 13.9. The number of aromatic nitrogens is 1. The molecule has 2 atom stereocenters. The van der Waals surface area contributed by atoms with Gasteiger partial charge in [-0.1, -0.05) is 12.1 Å². The third kappa shape index (κ3) is 3.98. The highest BCUT2D eigenvalue weighted by molar-refractivity contribution is 5.99. The first-order chi connectivity index (χ1) is 11.5. The van der Waals surface area contributed by atoms with Crippen molar-refractivity contribution in [1.29, 1.82) is 0 Å². The number of anilines is 1. The lowest BCUT2D eigenvalue weighted by atomic mass is 10.1. The summed E-state index contributed by atoms with van der Waals surface area (Å²) in [5, 5.41) is 5.76. The van der Waals surface area contributed by atoms with Gasteiger partial charge in [-0.25, -0.2) is 0 Å². The fourth-order valence-corrected chi connectivity index (χ4v) is 2.87. The fourth-order valence-electron chi connectivity index (χ4n) is 2.87. The standard InChI is InChI=1S/C19H21N3O2/c1-12-7-13(2)9-15(8-12)22-19(24)17-10-16(17)18(23)21-11-14-5-3-4-6-20-14/h3-9,16-17H,10-11H2,1-2H3,(H,21,23)(H,22,24). The topological polar surface area (TPSA) is 71.1 Å². The molecule has 1 aromatic carbocycles. The van der Waals surface area contributed by atoms with E-state index in [2.05, 4.69) is 21.7 Å². The van der Waals surface area contributed by atoms with Crippen molar-refractivity contribution in [1.82, 2.24) is 10.3 Å². The molecule has 5 heteroatoms. The molecule has 2 amide bonds. The van der Waals surface area contributed by atoms with Crippen LogP contribution in [-0.2, 0) is 16.1 Å². The molecule has 1 heterocycles. The van der Waals surface area contributed by atoms with Gasteiger partial charge in [0.25, 0.3) is 0 Å². The number of hydrogen-bond acceptors (Lipinski definition) is 3. The van der Waals surface area contributed by atoms with E-state index >= 15 is 0 Å². The first kappa shape index (κ1) is 16.2. The Hall–Kier alpha value is -2.69. The molecule has 2 unspecified atom stereocenters. The third-order valence-corrected chi connectivity index (χ3v) is 4.12. The number of nitrogens with one attached hydrogen (secondary N) is 2. The van der Waals surface area contributed by atoms with Crippen LogP contribution < -0.4 is 10.6 Å². The summed E-state index contributed by atoms with van der Waals surface area (Å²) in [6.45, 7) is 4.38. The van der Waals surface area contributed by atoms with Crippen molar-refractivity contribution in [3.05, 3.63) is 59.4 Å². The van der Waals surface area contributed by atoms with Crippen molar-refractivity contribution in [2.24, 2.45) is 11.8 Å². The maximum Gasteiger partial charge on any atom is 0.228 e. The zero-order chi connectivity index (χ0) is 17.1. The van der Waals surface area contributed by atoms with E-state index in [1.807, 2.05) is 44.2 Å². The second kappa shape index (κ2) is 6.83. The number of carbonyl (C=O) groups excluding carboxylic acids is 2. The number of aryl methyl sites for hydroxylation is 2. The second-order valence-electron chi connectivity index (χ2n) is 6.35. The summed E-state index contributed by atoms with van der Waals surface area (Å²) in [6.07, 6.45) is 2.30. The minimum atomic E-state index is -0.241. The Morgan fingerprint density at radius 3 is 2.46 bits per heavy atom. The summed E-state index contributed by atoms with van der Waals surface area (Å²) >= 11 is 0. The number of nitrogens with zero attached hydrogens (tertiary/aromatic N) is 1. The Labute approximate surface area is 141 Å². The van der Waals surface area contributed by atoms with Crippen LogP contribution in [0.2, 0.25) is 0 Å². The van der Waals surface area contributed by atoms with Gasteiger partial charge in [0, 0.05) is 11.9 Å². The Kier molecular flexibility index (Phi) is 4.60. The van der Waals surface area contributed by atoms with E-state index in [0.29, 0.717) is 13.0 Å². The number of carbonyl (C=O) groups is 2. The molecule has 5 nitrogen and oxygen atoms in total. The van der Waals surface area contributed by atoms with E-state index in [-0.39, 0.29) is 23.7 Å². The van der Waals surface area contributed by atoms with Crippen LogP contribution in [0.4, 0.5) is 5.69 Å². The molecule has 2 N–H and O–H groups in total. The van der Waals surface area contributed by atoms with Crippen molar-refractivity contribution in [2.75, 3.05) is 5.32 Å². The molecule has 2 aromatic rings. The third-order valence-electron chi connectivity index (χ3n) is 4.12. The summed E-state index contributed by atoms with van der Waals surface area (Å²) in [4.78, 5) is 28.6. The van der Waals surface area contributed by atoms with Gasteiger partial charge in [0.2, 0.25) is 11.8 Å². The Balaban J connectivity index is 1.50. The lowest BCUT2D eigenvalue weighted by Crippen LogP contribution is -2.27. The number of benzene rings is 1. The maximum atomic E-state index is 12.3. The number of amides is 2. The maximum absolute atomic E-state index is 12.3. The molecule has 1 aliphatic rings. The second-order valence-corrected chi connectivity index (χ2v) is 6.35. The summed E-state index contributed by atoms with van der Waals surface area (Å²) in [5.41, 5.74) is 3.80. The van der Waals surface area contributed by atoms with Crippen molar-refractivity contribution < 1.29 is 9.59 Å². The molecular weight excluding hydrogens is 302 g/mol. The van der Waals surface area contributed by atoms with Gasteiger partial charge in [0.05, 0.1) is 24.1 Å². The van der Waals surface area contributed by atoms with Crippen LogP contribution in [0, 0.1) is 25.7 Å². The molecule has 0 spiro atoms. The van der Waals surface area contributed by atoms with Crippen molar-refractivity contribution in [3.8, 4) is 0 Å². The Morgan fingerprint density at radius 2 is 1.79 bits per heavy atom. The summed E-state index contributed by atoms with van der Waals surface area (Å²) in [5.74, 6) is -0.645. The minimum absolute atomic E-state index is 0.0822. The lowest BCUT2D eigenvalue weighted by molar-refractivity contribution is -0.125. The summed E-state index contributed by atoms with van der Waals surface area (Å²) < 4.78 is 0. The molecule has 0 radical (unpaired) electrons. The van der Waals surface area contributed by atoms with Crippen LogP contribution in [0.1, 0.15) is 23.2 Å². The molecule has 124 valence electrons. The Bertz CT molecular complexity index is 738. The highest BCUT2D eigenvalue weighted by Crippen LogP contribution is 2.39. The SMILES string of the molecule is Cc1cc(C)cc(NC(=O)C2CC2C(=O)NCc2ccccn2)c1. The van der Waals surface area contributed by atoms with Gasteiger partial charge < -0.3 is 10.6 Å². The first-order valence-corrected chi connectivity index (χ1v) is 8.10. The molecule has 0 saturated heterocycles. The number of rotatable bonds is 5. The average molecular weight is 323 g/mol. The fraction of sp³-hybridized carbons (Fsp3) is 0.316. The van der Waals surface area contributed by atoms with E-state index in [4.69, 9.17) is 0 Å². The van der Waals surface area contributed by atoms with Gasteiger partial charge in [0.1, 0.15) is 0 Å². The van der Waals surface area contributed by atoms with Crippen LogP contribution in [0.25, 0.3) is 0 Å². The summed E-state index contributed by atoms with van der Waals surface area (Å²) in [6, 6.07) is 11.5. The van der Waals surface area contributed by atoms with Gasteiger partial charge in [-0.15, -0.1) is 0 Å². The smallest absolute Gasteiger partial charge is 0.228 e. The molecule has 24 heavy (non-hydrogen) atoms. The van der Waals surface area contributed by atoms with Crippen LogP contribution in [-0.4, -0.2) is 16.8 Å². The van der Waals surface area contributed by atoms with Crippen molar-refractivity contribution in [2.45, 2.75) is 26.8 Å². The average Bonchev–Trinajstić information content (AvgIpc) is 3.33. The van der Waals surface area contributed by atoms with Gasteiger partial charge in [-0.3, -0.25) is 14.6 Å². The monoisotopic (exact) mass is 323 g/mol. The van der Waals surface area contributed by atoms with Crippen LogP contribution >= 0.6 is 0 Å². The van der Waals surface area contributed by atoms with Crippen molar-refractivity contribution >= 4 is 17.5 Å². The molecule has 0 bridgehead atoms. The molecule has 1 aliphatic carbocycles. The molecule has 1 saturated carbocycles. The molecular formula is C19H21N3O2. The normalized spacial score (nSPS) is 18.8. The Morgan fingerprint density at radius 1 is 1.08 bits per heavy atom. The van der Waals surface area contributed by atoms with Gasteiger partial charge >= 0.3 is 0 Å². The van der Waals surface area contributed by atoms with E-state index in [0.717, 1.165) is 22.5 Å². The zero-order valence-corrected chi connectivity index (χ0v) is 13.9.